The Balaban J connectivity index is 1.59. The van der Waals surface area contributed by atoms with Crippen molar-refractivity contribution in [3.8, 4) is 5.75 Å². The van der Waals surface area contributed by atoms with Crippen LogP contribution in [0.25, 0.3) is 10.9 Å². The van der Waals surface area contributed by atoms with Crippen LogP contribution in [0.2, 0.25) is 0 Å². The van der Waals surface area contributed by atoms with Gasteiger partial charge in [-0.2, -0.15) is 0 Å². The monoisotopic (exact) mass is 508 g/mol. The van der Waals surface area contributed by atoms with E-state index in [1.807, 2.05) is 30.3 Å². The Bertz CT molecular complexity index is 1410. The van der Waals surface area contributed by atoms with Crippen molar-refractivity contribution in [2.45, 2.75) is 29.8 Å². The normalized spacial score (nSPS) is 24.4. The number of benzene rings is 2. The molecule has 3 saturated heterocycles. The van der Waals surface area contributed by atoms with Crippen LogP contribution in [0.4, 0.5) is 5.69 Å². The molecule has 0 saturated carbocycles. The van der Waals surface area contributed by atoms with Crippen molar-refractivity contribution in [3.63, 3.8) is 0 Å². The number of non-ortho nitro benzene ring substituents is 1. The second-order valence-corrected chi connectivity index (χ2v) is 11.1. The molecule has 36 heavy (non-hydrogen) atoms. The summed E-state index contributed by atoms with van der Waals surface area (Å²) < 4.78 is 35.5. The molecule has 2 bridgehead atoms. The van der Waals surface area contributed by atoms with Gasteiger partial charge in [0.2, 0.25) is 10.0 Å². The maximum atomic E-state index is 13.6. The zero-order valence-electron chi connectivity index (χ0n) is 19.9. The Labute approximate surface area is 210 Å². The molecule has 4 heterocycles. The largest absolute Gasteiger partial charge is 0.497 e. The van der Waals surface area contributed by atoms with Gasteiger partial charge in [0.05, 0.1) is 28.5 Å². The summed E-state index contributed by atoms with van der Waals surface area (Å²) in [5.74, 6) is 1.48. The third-order valence-corrected chi connectivity index (χ3v) is 8.95. The van der Waals surface area contributed by atoms with E-state index in [2.05, 4.69) is 21.2 Å². The van der Waals surface area contributed by atoms with Gasteiger partial charge in [0.15, 0.2) is 0 Å². The van der Waals surface area contributed by atoms with Crippen molar-refractivity contribution in [3.05, 3.63) is 83.1 Å². The zero-order chi connectivity index (χ0) is 25.4. The summed E-state index contributed by atoms with van der Waals surface area (Å²) in [6.45, 7) is 5.73. The van der Waals surface area contributed by atoms with Gasteiger partial charge in [-0.25, -0.2) is 13.1 Å². The van der Waals surface area contributed by atoms with E-state index in [0.29, 0.717) is 17.6 Å². The van der Waals surface area contributed by atoms with Gasteiger partial charge in [0, 0.05) is 36.3 Å². The fourth-order valence-corrected chi connectivity index (χ4v) is 6.85. The van der Waals surface area contributed by atoms with Crippen molar-refractivity contribution in [2.24, 2.45) is 11.8 Å². The van der Waals surface area contributed by atoms with E-state index in [0.717, 1.165) is 42.4 Å². The molecule has 3 fully saturated rings. The Hall–Kier alpha value is -3.34. The van der Waals surface area contributed by atoms with Crippen LogP contribution in [0.5, 0.6) is 5.75 Å². The van der Waals surface area contributed by atoms with E-state index in [9.17, 15) is 18.5 Å². The standard InChI is InChI=1S/C26H28N4O5S/c1-3-17-16-29-13-11-18(17)14-25(29)26(22-10-12-27-24-9-6-20(35-2)15-23(22)24)28-36(33,34)21-7-4-19(5-8-21)30(31)32/h3-10,12,15,17-18,25-26,28H,1,11,13-14,16H2,2H3/t17-,18-,25-,26-/m0/s1. The number of sulfonamides is 1. The number of nitro benzene ring substituents is 1. The van der Waals surface area contributed by atoms with Crippen LogP contribution >= 0.6 is 0 Å². The molecule has 0 aliphatic carbocycles. The highest BCUT2D eigenvalue weighted by atomic mass is 32.2. The predicted octanol–water partition coefficient (Wildman–Crippen LogP) is 4.07. The predicted molar refractivity (Wildman–Crippen MR) is 136 cm³/mol. The average molecular weight is 509 g/mol. The molecule has 9 nitrogen and oxygen atoms in total. The Morgan fingerprint density at radius 1 is 1.25 bits per heavy atom. The SMILES string of the molecule is C=C[C@H]1CN2CC[C@H]1C[C@H]2[C@@H](NS(=O)(=O)c1ccc([N+](=O)[O-])cc1)c1ccnc2ccc(OC)cc12. The molecule has 3 aliphatic rings. The van der Waals surface area contributed by atoms with Gasteiger partial charge in [-0.3, -0.25) is 20.0 Å². The van der Waals surface area contributed by atoms with Crippen molar-refractivity contribution in [1.82, 2.24) is 14.6 Å². The van der Waals surface area contributed by atoms with Crippen molar-refractivity contribution >= 4 is 26.6 Å². The summed E-state index contributed by atoms with van der Waals surface area (Å²) in [4.78, 5) is 17.3. The van der Waals surface area contributed by atoms with Crippen LogP contribution in [0.1, 0.15) is 24.4 Å². The molecular formula is C26H28N4O5S. The molecule has 188 valence electrons. The van der Waals surface area contributed by atoms with Crippen LogP contribution in [0.3, 0.4) is 0 Å². The lowest BCUT2D eigenvalue weighted by atomic mass is 9.73. The first-order valence-corrected chi connectivity index (χ1v) is 13.3. The molecule has 3 aliphatic heterocycles. The minimum atomic E-state index is -3.99. The maximum absolute atomic E-state index is 13.6. The summed E-state index contributed by atoms with van der Waals surface area (Å²) in [5, 5.41) is 11.9. The summed E-state index contributed by atoms with van der Waals surface area (Å²) in [5.41, 5.74) is 1.40. The number of piperidine rings is 3. The number of hydrogen-bond donors (Lipinski definition) is 1. The van der Waals surface area contributed by atoms with Gasteiger partial charge >= 0.3 is 0 Å². The van der Waals surface area contributed by atoms with Crippen LogP contribution in [0.15, 0.2) is 72.3 Å². The molecule has 0 amide bonds. The van der Waals surface area contributed by atoms with Crippen LogP contribution in [-0.2, 0) is 10.0 Å². The molecule has 10 heteroatoms. The molecule has 1 aromatic heterocycles. The highest BCUT2D eigenvalue weighted by Gasteiger charge is 2.44. The highest BCUT2D eigenvalue weighted by Crippen LogP contribution is 2.43. The zero-order valence-corrected chi connectivity index (χ0v) is 20.7. The lowest BCUT2D eigenvalue weighted by Crippen LogP contribution is -2.57. The number of ether oxygens (including phenoxy) is 1. The minimum absolute atomic E-state index is 0.0195. The Morgan fingerprint density at radius 3 is 2.67 bits per heavy atom. The minimum Gasteiger partial charge on any atom is -0.497 e. The molecule has 2 aromatic carbocycles. The van der Waals surface area contributed by atoms with E-state index in [1.165, 1.54) is 24.3 Å². The number of aromatic nitrogens is 1. The number of rotatable bonds is 8. The molecular weight excluding hydrogens is 480 g/mol. The second-order valence-electron chi connectivity index (χ2n) is 9.38. The third-order valence-electron chi connectivity index (χ3n) is 7.50. The van der Waals surface area contributed by atoms with Crippen molar-refractivity contribution in [2.75, 3.05) is 20.2 Å². The average Bonchev–Trinajstić information content (AvgIpc) is 2.91. The summed E-state index contributed by atoms with van der Waals surface area (Å²) >= 11 is 0. The Morgan fingerprint density at radius 2 is 2.03 bits per heavy atom. The lowest BCUT2D eigenvalue weighted by Gasteiger charge is -2.51. The van der Waals surface area contributed by atoms with Gasteiger partial charge in [-0.1, -0.05) is 6.08 Å². The summed E-state index contributed by atoms with van der Waals surface area (Å²) in [6.07, 6.45) is 5.59. The molecule has 3 aromatic rings. The van der Waals surface area contributed by atoms with Gasteiger partial charge < -0.3 is 4.74 Å². The van der Waals surface area contributed by atoms with Crippen LogP contribution < -0.4 is 9.46 Å². The fraction of sp³-hybridized carbons (Fsp3) is 0.346. The second kappa shape index (κ2) is 9.61. The molecule has 6 rings (SSSR count). The first-order valence-electron chi connectivity index (χ1n) is 11.9. The number of nitrogens with one attached hydrogen (secondary N) is 1. The Kier molecular flexibility index (Phi) is 6.50. The van der Waals surface area contributed by atoms with Gasteiger partial charge in [0.25, 0.3) is 5.69 Å². The molecule has 1 N–H and O–H groups in total. The van der Waals surface area contributed by atoms with Crippen molar-refractivity contribution in [1.29, 1.82) is 0 Å². The fourth-order valence-electron chi connectivity index (χ4n) is 5.60. The number of methoxy groups -OCH3 is 1. The van der Waals surface area contributed by atoms with E-state index >= 15 is 0 Å². The quantitative estimate of drug-likeness (QED) is 0.277. The number of nitro groups is 1. The smallest absolute Gasteiger partial charge is 0.269 e. The topological polar surface area (TPSA) is 115 Å². The highest BCUT2D eigenvalue weighted by molar-refractivity contribution is 7.89. The number of hydrogen-bond acceptors (Lipinski definition) is 7. The molecule has 0 radical (unpaired) electrons. The third kappa shape index (κ3) is 4.47. The van der Waals surface area contributed by atoms with E-state index in [1.54, 1.807) is 13.3 Å². The van der Waals surface area contributed by atoms with E-state index in [-0.39, 0.29) is 16.6 Å². The maximum Gasteiger partial charge on any atom is 0.269 e. The van der Waals surface area contributed by atoms with E-state index in [4.69, 9.17) is 4.74 Å². The number of pyridine rings is 1. The first kappa shape index (κ1) is 24.4. The van der Waals surface area contributed by atoms with Crippen LogP contribution in [-0.4, -0.2) is 49.5 Å². The molecule has 0 spiro atoms. The van der Waals surface area contributed by atoms with Gasteiger partial charge in [-0.15, -0.1) is 6.58 Å². The molecule has 5 atom stereocenters. The van der Waals surface area contributed by atoms with Crippen LogP contribution in [0, 0.1) is 22.0 Å². The number of fused-ring (bicyclic) bond motifs is 4. The molecule has 1 unspecified atom stereocenters. The summed E-state index contributed by atoms with van der Waals surface area (Å²) in [7, 11) is -2.40. The van der Waals surface area contributed by atoms with Gasteiger partial charge in [-0.05, 0) is 73.2 Å². The van der Waals surface area contributed by atoms with E-state index < -0.39 is 21.0 Å². The van der Waals surface area contributed by atoms with Gasteiger partial charge in [0.1, 0.15) is 5.75 Å². The first-order chi connectivity index (χ1) is 17.3. The lowest BCUT2D eigenvalue weighted by molar-refractivity contribution is -0.384. The van der Waals surface area contributed by atoms with Crippen molar-refractivity contribution < 1.29 is 18.1 Å². The number of nitrogens with zero attached hydrogens (tertiary/aromatic N) is 3. The summed E-state index contributed by atoms with van der Waals surface area (Å²) in [6, 6.07) is 11.8.